The first kappa shape index (κ1) is 19.5. The van der Waals surface area contributed by atoms with Crippen LogP contribution in [0.3, 0.4) is 0 Å². The molecule has 0 aliphatic rings. The topological polar surface area (TPSA) is 97.1 Å². The first-order valence-electron chi connectivity index (χ1n) is 8.15. The lowest BCUT2D eigenvalue weighted by atomic mass is 10.2. The van der Waals surface area contributed by atoms with Crippen molar-refractivity contribution in [2.24, 2.45) is 0 Å². The van der Waals surface area contributed by atoms with Crippen molar-refractivity contribution in [3.63, 3.8) is 0 Å². The molecule has 0 saturated heterocycles. The van der Waals surface area contributed by atoms with Gasteiger partial charge in [-0.05, 0) is 24.8 Å². The van der Waals surface area contributed by atoms with E-state index in [1.165, 1.54) is 23.1 Å². The molecule has 7 nitrogen and oxygen atoms in total. The maximum absolute atomic E-state index is 11.9. The third-order valence-electron chi connectivity index (χ3n) is 3.59. The Morgan fingerprint density at radius 2 is 2.20 bits per heavy atom. The number of nitrogens with one attached hydrogen (secondary N) is 1. The van der Waals surface area contributed by atoms with Gasteiger partial charge in [0.15, 0.2) is 11.0 Å². The summed E-state index contributed by atoms with van der Waals surface area (Å²) in [5, 5.41) is 22.8. The van der Waals surface area contributed by atoms with E-state index in [4.69, 9.17) is 0 Å². The van der Waals surface area contributed by atoms with E-state index in [9.17, 15) is 14.7 Å². The molecule has 2 aromatic rings. The van der Waals surface area contributed by atoms with Gasteiger partial charge in [-0.1, -0.05) is 37.6 Å². The van der Waals surface area contributed by atoms with E-state index in [0.717, 1.165) is 24.1 Å². The highest BCUT2D eigenvalue weighted by Gasteiger charge is 2.24. The Hall–Kier alpha value is -1.87. The molecular formula is C16H22N4O3S2. The number of hydrogen-bond acceptors (Lipinski definition) is 6. The molecule has 0 spiro atoms. The molecular weight excluding hydrogens is 360 g/mol. The molecule has 0 unspecified atom stereocenters. The minimum absolute atomic E-state index is 0.0868. The molecule has 0 bridgehead atoms. The van der Waals surface area contributed by atoms with Gasteiger partial charge in [0.05, 0.1) is 10.6 Å². The van der Waals surface area contributed by atoms with Crippen molar-refractivity contribution in [2.75, 3.05) is 12.3 Å². The van der Waals surface area contributed by atoms with Crippen LogP contribution in [0.1, 0.15) is 39.2 Å². The number of unbranched alkanes of at least 4 members (excludes halogenated alkanes) is 2. The number of hydrogen-bond donors (Lipinski definition) is 2. The lowest BCUT2D eigenvalue weighted by molar-refractivity contribution is -0.140. The molecule has 0 saturated carbocycles. The Labute approximate surface area is 154 Å². The van der Waals surface area contributed by atoms with Crippen LogP contribution in [0.5, 0.6) is 0 Å². The van der Waals surface area contributed by atoms with Crippen molar-refractivity contribution in [3.8, 4) is 10.7 Å². The number of amides is 1. The molecule has 9 heteroatoms. The quantitative estimate of drug-likeness (QED) is 0.484. The molecule has 0 aromatic carbocycles. The summed E-state index contributed by atoms with van der Waals surface area (Å²) in [7, 11) is 0. The van der Waals surface area contributed by atoms with Crippen LogP contribution in [0, 0.1) is 0 Å². The molecule has 0 radical (unpaired) electrons. The number of thiophene rings is 1. The summed E-state index contributed by atoms with van der Waals surface area (Å²) < 4.78 is 1.57. The van der Waals surface area contributed by atoms with Gasteiger partial charge in [0, 0.05) is 6.54 Å². The van der Waals surface area contributed by atoms with Gasteiger partial charge in [-0.25, -0.2) is 4.79 Å². The smallest absolute Gasteiger partial charge is 0.326 e. The van der Waals surface area contributed by atoms with Crippen LogP contribution < -0.4 is 5.32 Å². The van der Waals surface area contributed by atoms with Gasteiger partial charge in [0.1, 0.15) is 6.04 Å². The molecule has 1 atom stereocenters. The summed E-state index contributed by atoms with van der Waals surface area (Å²) in [5.74, 6) is -0.364. The zero-order valence-corrected chi connectivity index (χ0v) is 15.9. The molecule has 136 valence electrons. The van der Waals surface area contributed by atoms with E-state index in [2.05, 4.69) is 22.4 Å². The standard InChI is InChI=1S/C16H22N4O3S2/c1-3-4-5-8-17-13(21)10-25-16-19-18-14(12-7-6-9-24-12)20(16)11(2)15(22)23/h6-7,9,11H,3-5,8,10H2,1-2H3,(H,17,21)(H,22,23)/t11-/m1/s1. The van der Waals surface area contributed by atoms with Gasteiger partial charge in [0.25, 0.3) is 0 Å². The normalized spacial score (nSPS) is 12.1. The summed E-state index contributed by atoms with van der Waals surface area (Å²) in [6.45, 7) is 4.35. The highest BCUT2D eigenvalue weighted by atomic mass is 32.2. The van der Waals surface area contributed by atoms with E-state index in [1.807, 2.05) is 17.5 Å². The fraction of sp³-hybridized carbons (Fsp3) is 0.500. The van der Waals surface area contributed by atoms with Gasteiger partial charge in [-0.2, -0.15) is 0 Å². The average Bonchev–Trinajstić information content (AvgIpc) is 3.24. The van der Waals surface area contributed by atoms with Crippen molar-refractivity contribution < 1.29 is 14.7 Å². The van der Waals surface area contributed by atoms with Crippen LogP contribution in [0.2, 0.25) is 0 Å². The van der Waals surface area contributed by atoms with Crippen molar-refractivity contribution >= 4 is 35.0 Å². The number of rotatable bonds is 10. The Bertz CT molecular complexity index is 700. The summed E-state index contributed by atoms with van der Waals surface area (Å²) in [6, 6.07) is 2.93. The van der Waals surface area contributed by atoms with E-state index in [0.29, 0.717) is 17.5 Å². The Morgan fingerprint density at radius 1 is 1.40 bits per heavy atom. The zero-order valence-electron chi connectivity index (χ0n) is 14.3. The third kappa shape index (κ3) is 5.30. The number of carboxylic acid groups (broad SMARTS) is 1. The van der Waals surface area contributed by atoms with Crippen LogP contribution in [0.15, 0.2) is 22.7 Å². The van der Waals surface area contributed by atoms with E-state index >= 15 is 0 Å². The van der Waals surface area contributed by atoms with Gasteiger partial charge in [-0.3, -0.25) is 9.36 Å². The minimum atomic E-state index is -0.969. The number of aromatic nitrogens is 3. The van der Waals surface area contributed by atoms with E-state index < -0.39 is 12.0 Å². The second kappa shape index (κ2) is 9.57. The summed E-state index contributed by atoms with van der Waals surface area (Å²) in [6.07, 6.45) is 3.15. The third-order valence-corrected chi connectivity index (χ3v) is 5.39. The number of carbonyl (C=O) groups is 2. The minimum Gasteiger partial charge on any atom is -0.480 e. The number of carbonyl (C=O) groups excluding carboxylic acids is 1. The highest BCUT2D eigenvalue weighted by molar-refractivity contribution is 7.99. The molecule has 2 rings (SSSR count). The van der Waals surface area contributed by atoms with Crippen molar-refractivity contribution in [3.05, 3.63) is 17.5 Å². The van der Waals surface area contributed by atoms with Gasteiger partial charge >= 0.3 is 5.97 Å². The molecule has 2 aromatic heterocycles. The Morgan fingerprint density at radius 3 is 2.84 bits per heavy atom. The average molecular weight is 383 g/mol. The second-order valence-corrected chi connectivity index (χ2v) is 7.40. The molecule has 2 N–H and O–H groups in total. The Kier molecular flexibility index (Phi) is 7.45. The first-order valence-corrected chi connectivity index (χ1v) is 10.0. The van der Waals surface area contributed by atoms with Crippen molar-refractivity contribution in [2.45, 2.75) is 44.3 Å². The molecule has 2 heterocycles. The van der Waals surface area contributed by atoms with Crippen LogP contribution in [-0.2, 0) is 9.59 Å². The molecule has 0 aliphatic carbocycles. The van der Waals surface area contributed by atoms with Crippen LogP contribution in [-0.4, -0.2) is 44.0 Å². The van der Waals surface area contributed by atoms with Gasteiger partial charge < -0.3 is 10.4 Å². The molecule has 1 amide bonds. The van der Waals surface area contributed by atoms with E-state index in [1.54, 1.807) is 11.5 Å². The fourth-order valence-electron chi connectivity index (χ4n) is 2.19. The predicted molar refractivity (Wildman–Crippen MR) is 98.9 cm³/mol. The summed E-state index contributed by atoms with van der Waals surface area (Å²) in [4.78, 5) is 24.2. The maximum atomic E-state index is 11.9. The zero-order chi connectivity index (χ0) is 18.2. The van der Waals surface area contributed by atoms with E-state index in [-0.39, 0.29) is 11.7 Å². The molecule has 0 fully saturated rings. The summed E-state index contributed by atoms with van der Waals surface area (Å²) >= 11 is 2.67. The number of nitrogens with zero attached hydrogens (tertiary/aromatic N) is 3. The van der Waals surface area contributed by atoms with Crippen molar-refractivity contribution in [1.29, 1.82) is 0 Å². The van der Waals surface area contributed by atoms with Crippen LogP contribution >= 0.6 is 23.1 Å². The SMILES string of the molecule is CCCCCNC(=O)CSc1nnc(-c2cccs2)n1[C@H](C)C(=O)O. The lowest BCUT2D eigenvalue weighted by Crippen LogP contribution is -2.26. The second-order valence-electron chi connectivity index (χ2n) is 5.51. The number of carboxylic acids is 1. The maximum Gasteiger partial charge on any atom is 0.326 e. The van der Waals surface area contributed by atoms with Gasteiger partial charge in [-0.15, -0.1) is 21.5 Å². The lowest BCUT2D eigenvalue weighted by Gasteiger charge is -2.13. The monoisotopic (exact) mass is 382 g/mol. The molecule has 25 heavy (non-hydrogen) atoms. The predicted octanol–water partition coefficient (Wildman–Crippen LogP) is 3.05. The number of aliphatic carboxylic acids is 1. The fourth-order valence-corrected chi connectivity index (χ4v) is 3.74. The van der Waals surface area contributed by atoms with Crippen LogP contribution in [0.25, 0.3) is 10.7 Å². The number of thioether (sulfide) groups is 1. The van der Waals surface area contributed by atoms with Gasteiger partial charge in [0.2, 0.25) is 5.91 Å². The van der Waals surface area contributed by atoms with Crippen LogP contribution in [0.4, 0.5) is 0 Å². The largest absolute Gasteiger partial charge is 0.480 e. The van der Waals surface area contributed by atoms with Crippen molar-refractivity contribution in [1.82, 2.24) is 20.1 Å². The molecule has 0 aliphatic heterocycles. The Balaban J connectivity index is 2.07. The first-order chi connectivity index (χ1) is 12.0. The summed E-state index contributed by atoms with van der Waals surface area (Å²) in [5.41, 5.74) is 0. The highest BCUT2D eigenvalue weighted by Crippen LogP contribution is 2.30.